The van der Waals surface area contributed by atoms with Gasteiger partial charge in [-0.3, -0.25) is 14.2 Å². The summed E-state index contributed by atoms with van der Waals surface area (Å²) in [5.41, 5.74) is 0.395. The number of aromatic nitrogens is 2. The molecule has 2 heterocycles. The average molecular weight is 406 g/mol. The molecule has 0 unspecified atom stereocenters. The van der Waals surface area contributed by atoms with Crippen LogP contribution in [-0.2, 0) is 11.3 Å². The summed E-state index contributed by atoms with van der Waals surface area (Å²) >= 11 is 7.38. The molecule has 5 nitrogen and oxygen atoms in total. The number of halogens is 1. The van der Waals surface area contributed by atoms with Crippen molar-refractivity contribution in [3.05, 3.63) is 46.2 Å². The van der Waals surface area contributed by atoms with Gasteiger partial charge < -0.3 is 4.90 Å². The number of piperidine rings is 1. The van der Waals surface area contributed by atoms with Crippen molar-refractivity contribution in [1.29, 1.82) is 0 Å². The van der Waals surface area contributed by atoms with Crippen molar-refractivity contribution in [1.82, 2.24) is 14.5 Å². The van der Waals surface area contributed by atoms with Crippen molar-refractivity contribution in [3.63, 3.8) is 0 Å². The van der Waals surface area contributed by atoms with Crippen LogP contribution in [0.15, 0.2) is 40.8 Å². The van der Waals surface area contributed by atoms with Crippen molar-refractivity contribution < 1.29 is 4.79 Å². The van der Waals surface area contributed by atoms with E-state index in [0.29, 0.717) is 33.5 Å². The van der Waals surface area contributed by atoms with Gasteiger partial charge in [-0.05, 0) is 43.9 Å². The molecule has 0 saturated carbocycles. The van der Waals surface area contributed by atoms with Gasteiger partial charge >= 0.3 is 0 Å². The highest BCUT2D eigenvalue weighted by Gasteiger charge is 2.27. The minimum Gasteiger partial charge on any atom is -0.341 e. The van der Waals surface area contributed by atoms with Gasteiger partial charge in [0.15, 0.2) is 5.16 Å². The first kappa shape index (κ1) is 20.0. The van der Waals surface area contributed by atoms with E-state index in [0.717, 1.165) is 25.9 Å². The predicted octanol–water partition coefficient (Wildman–Crippen LogP) is 3.98. The van der Waals surface area contributed by atoms with Crippen LogP contribution in [-0.4, -0.2) is 38.7 Å². The highest BCUT2D eigenvalue weighted by Crippen LogP contribution is 2.26. The number of fused-ring (bicyclic) bond motifs is 1. The number of amides is 1. The molecule has 1 fully saturated rings. The number of nitrogens with zero attached hydrogens (tertiary/aromatic N) is 3. The Labute approximate surface area is 168 Å². The molecular formula is C20H24ClN3O2S. The van der Waals surface area contributed by atoms with E-state index in [1.54, 1.807) is 28.8 Å². The van der Waals surface area contributed by atoms with Gasteiger partial charge in [-0.2, -0.15) is 0 Å². The maximum absolute atomic E-state index is 12.9. The van der Waals surface area contributed by atoms with Gasteiger partial charge in [-0.1, -0.05) is 36.4 Å². The maximum atomic E-state index is 12.9. The van der Waals surface area contributed by atoms with Crippen molar-refractivity contribution in [2.75, 3.05) is 13.1 Å². The smallest absolute Gasteiger partial charge is 0.262 e. The van der Waals surface area contributed by atoms with Crippen molar-refractivity contribution in [2.45, 2.75) is 43.6 Å². The van der Waals surface area contributed by atoms with Crippen LogP contribution >= 0.6 is 23.4 Å². The summed E-state index contributed by atoms with van der Waals surface area (Å²) in [5, 5.41) is 1.23. The standard InChI is InChI=1S/C20H24ClN3O2S/c1-4-9-24-19(26)16-8-7-15(21)11-17(16)22-20(24)27-14(3)18(25)23-10-5-6-13(2)12-23/h4,7-8,11,13-14H,1,5-6,9-10,12H2,2-3H3/t13-,14+/m0/s1. The molecule has 1 saturated heterocycles. The molecule has 7 heteroatoms. The fourth-order valence-electron chi connectivity index (χ4n) is 3.41. The zero-order valence-electron chi connectivity index (χ0n) is 15.7. The van der Waals surface area contributed by atoms with E-state index in [2.05, 4.69) is 18.5 Å². The third-order valence-electron chi connectivity index (χ3n) is 4.79. The second kappa shape index (κ2) is 8.48. The largest absolute Gasteiger partial charge is 0.341 e. The molecule has 1 aliphatic heterocycles. The fourth-order valence-corrected chi connectivity index (χ4v) is 4.58. The van der Waals surface area contributed by atoms with Crippen molar-refractivity contribution >= 4 is 40.2 Å². The minimum absolute atomic E-state index is 0.0946. The van der Waals surface area contributed by atoms with Crippen LogP contribution in [0, 0.1) is 5.92 Å². The Bertz CT molecular complexity index is 927. The van der Waals surface area contributed by atoms with Crippen LogP contribution in [0.4, 0.5) is 0 Å². The number of rotatable bonds is 5. The lowest BCUT2D eigenvalue weighted by atomic mass is 10.0. The normalized spacial score (nSPS) is 18.5. The molecule has 1 aromatic heterocycles. The van der Waals surface area contributed by atoms with E-state index in [4.69, 9.17) is 11.6 Å². The SMILES string of the molecule is C=CCn1c(S[C@H](C)C(=O)N2CCC[C@H](C)C2)nc2cc(Cl)ccc2c1=O. The summed E-state index contributed by atoms with van der Waals surface area (Å²) in [7, 11) is 0. The van der Waals surface area contributed by atoms with Crippen LogP contribution < -0.4 is 5.56 Å². The Morgan fingerprint density at radius 2 is 2.30 bits per heavy atom. The van der Waals surface area contributed by atoms with Gasteiger partial charge in [-0.25, -0.2) is 4.98 Å². The molecule has 2 aromatic rings. The van der Waals surface area contributed by atoms with Crippen LogP contribution in [0.1, 0.15) is 26.7 Å². The maximum Gasteiger partial charge on any atom is 0.262 e. The van der Waals surface area contributed by atoms with Crippen LogP contribution in [0.5, 0.6) is 0 Å². The summed E-state index contributed by atoms with van der Waals surface area (Å²) in [6.45, 7) is 9.72. The summed E-state index contributed by atoms with van der Waals surface area (Å²) in [5.74, 6) is 0.622. The van der Waals surface area contributed by atoms with E-state index in [-0.39, 0.29) is 16.7 Å². The first-order valence-electron chi connectivity index (χ1n) is 9.17. The summed E-state index contributed by atoms with van der Waals surface area (Å²) in [6, 6.07) is 5.05. The van der Waals surface area contributed by atoms with Gasteiger partial charge in [0, 0.05) is 24.7 Å². The van der Waals surface area contributed by atoms with Crippen molar-refractivity contribution in [3.8, 4) is 0 Å². The van der Waals surface area contributed by atoms with E-state index in [9.17, 15) is 9.59 Å². The zero-order valence-corrected chi connectivity index (χ0v) is 17.2. The molecule has 0 spiro atoms. The lowest BCUT2D eigenvalue weighted by Gasteiger charge is -2.32. The number of carbonyl (C=O) groups excluding carboxylic acids is 1. The van der Waals surface area contributed by atoms with Gasteiger partial charge in [-0.15, -0.1) is 6.58 Å². The predicted molar refractivity (Wildman–Crippen MR) is 112 cm³/mol. The lowest BCUT2D eigenvalue weighted by molar-refractivity contribution is -0.132. The van der Waals surface area contributed by atoms with E-state index >= 15 is 0 Å². The second-order valence-corrected chi connectivity index (χ2v) is 8.80. The Morgan fingerprint density at radius 3 is 3.00 bits per heavy atom. The van der Waals surface area contributed by atoms with E-state index in [1.807, 2.05) is 11.8 Å². The van der Waals surface area contributed by atoms with Crippen LogP contribution in [0.25, 0.3) is 10.9 Å². The first-order valence-corrected chi connectivity index (χ1v) is 10.4. The zero-order chi connectivity index (χ0) is 19.6. The Balaban J connectivity index is 1.92. The van der Waals surface area contributed by atoms with Gasteiger partial charge in [0.05, 0.1) is 16.2 Å². The fraction of sp³-hybridized carbons (Fsp3) is 0.450. The number of allylic oxidation sites excluding steroid dienone is 1. The molecule has 0 radical (unpaired) electrons. The molecule has 144 valence electrons. The molecule has 2 atom stereocenters. The number of hydrogen-bond donors (Lipinski definition) is 0. The van der Waals surface area contributed by atoms with Gasteiger partial charge in [0.2, 0.25) is 5.91 Å². The summed E-state index contributed by atoms with van der Waals surface area (Å²) in [4.78, 5) is 32.3. The number of carbonyl (C=O) groups is 1. The van der Waals surface area contributed by atoms with Gasteiger partial charge in [0.1, 0.15) is 0 Å². The van der Waals surface area contributed by atoms with Crippen LogP contribution in [0.2, 0.25) is 5.02 Å². The number of hydrogen-bond acceptors (Lipinski definition) is 4. The topological polar surface area (TPSA) is 55.2 Å². The molecule has 3 rings (SSSR count). The molecule has 1 amide bonds. The summed E-state index contributed by atoms with van der Waals surface area (Å²) in [6.07, 6.45) is 3.86. The second-order valence-electron chi connectivity index (χ2n) is 7.05. The molecule has 1 aromatic carbocycles. The number of thioether (sulfide) groups is 1. The highest BCUT2D eigenvalue weighted by molar-refractivity contribution is 8.00. The molecule has 0 bridgehead atoms. The van der Waals surface area contributed by atoms with Crippen LogP contribution in [0.3, 0.4) is 0 Å². The molecule has 27 heavy (non-hydrogen) atoms. The number of likely N-dealkylation sites (tertiary alicyclic amines) is 1. The van der Waals surface area contributed by atoms with E-state index in [1.165, 1.54) is 11.8 Å². The van der Waals surface area contributed by atoms with Crippen molar-refractivity contribution in [2.24, 2.45) is 5.92 Å². The lowest BCUT2D eigenvalue weighted by Crippen LogP contribution is -2.43. The monoisotopic (exact) mass is 405 g/mol. The molecular weight excluding hydrogens is 382 g/mol. The Kier molecular flexibility index (Phi) is 6.27. The third-order valence-corrected chi connectivity index (χ3v) is 6.11. The Morgan fingerprint density at radius 1 is 1.52 bits per heavy atom. The quantitative estimate of drug-likeness (QED) is 0.429. The third kappa shape index (κ3) is 4.38. The highest BCUT2D eigenvalue weighted by atomic mass is 35.5. The Hall–Kier alpha value is -1.79. The number of benzene rings is 1. The summed E-state index contributed by atoms with van der Waals surface area (Å²) < 4.78 is 1.57. The minimum atomic E-state index is -0.324. The average Bonchev–Trinajstić information content (AvgIpc) is 2.64. The molecule has 1 aliphatic rings. The molecule has 0 N–H and O–H groups in total. The first-order chi connectivity index (χ1) is 12.9. The van der Waals surface area contributed by atoms with E-state index < -0.39 is 0 Å². The van der Waals surface area contributed by atoms with Gasteiger partial charge in [0.25, 0.3) is 5.56 Å². The molecule has 0 aliphatic carbocycles.